The van der Waals surface area contributed by atoms with E-state index >= 15 is 0 Å². The number of methoxy groups -OCH3 is 3. The molecule has 1 saturated heterocycles. The van der Waals surface area contributed by atoms with Gasteiger partial charge >= 0.3 is 0 Å². The fraction of sp³-hybridized carbons (Fsp3) is 0.435. The largest absolute Gasteiger partial charge is 0.497 e. The molecule has 0 saturated carbocycles. The first-order valence-corrected chi connectivity index (χ1v) is 10.1. The van der Waals surface area contributed by atoms with Crippen molar-refractivity contribution in [3.63, 3.8) is 0 Å². The van der Waals surface area contributed by atoms with Gasteiger partial charge in [0.15, 0.2) is 11.6 Å². The maximum Gasteiger partial charge on any atom is 0.237 e. The summed E-state index contributed by atoms with van der Waals surface area (Å²) in [6, 6.07) is 10.2. The first kappa shape index (κ1) is 21.9. The van der Waals surface area contributed by atoms with Crippen LogP contribution >= 0.6 is 0 Å². The van der Waals surface area contributed by atoms with Crippen molar-refractivity contribution in [1.29, 1.82) is 0 Å². The van der Waals surface area contributed by atoms with Crippen LogP contribution in [0.1, 0.15) is 43.0 Å². The Hall–Kier alpha value is -2.80. The number of carbonyl (C=O) groups is 1. The summed E-state index contributed by atoms with van der Waals surface area (Å²) in [5.74, 6) is 1.27. The second-order valence-corrected chi connectivity index (χ2v) is 7.35. The fourth-order valence-electron chi connectivity index (χ4n) is 3.90. The minimum atomic E-state index is -0.417. The van der Waals surface area contributed by atoms with Crippen LogP contribution in [-0.4, -0.2) is 45.2 Å². The molecule has 6 nitrogen and oxygen atoms in total. The third-order valence-corrected chi connectivity index (χ3v) is 5.60. The summed E-state index contributed by atoms with van der Waals surface area (Å²) in [5, 5.41) is 3.21. The lowest BCUT2D eigenvalue weighted by atomic mass is 10.0. The van der Waals surface area contributed by atoms with E-state index in [0.717, 1.165) is 35.5 Å². The number of ether oxygens (including phenoxy) is 3. The number of benzene rings is 2. The van der Waals surface area contributed by atoms with Crippen molar-refractivity contribution in [3.8, 4) is 17.2 Å². The minimum Gasteiger partial charge on any atom is -0.497 e. The molecule has 1 amide bonds. The lowest BCUT2D eigenvalue weighted by Crippen LogP contribution is -2.38. The van der Waals surface area contributed by atoms with E-state index in [-0.39, 0.29) is 30.3 Å². The smallest absolute Gasteiger partial charge is 0.237 e. The minimum absolute atomic E-state index is 0.00297. The highest BCUT2D eigenvalue weighted by molar-refractivity contribution is 5.79. The maximum atomic E-state index is 14.0. The van der Waals surface area contributed by atoms with E-state index in [4.69, 9.17) is 14.2 Å². The van der Waals surface area contributed by atoms with Gasteiger partial charge in [0.05, 0.1) is 33.9 Å². The van der Waals surface area contributed by atoms with Crippen molar-refractivity contribution in [3.05, 3.63) is 53.3 Å². The van der Waals surface area contributed by atoms with E-state index in [1.54, 1.807) is 26.4 Å². The molecule has 2 unspecified atom stereocenters. The summed E-state index contributed by atoms with van der Waals surface area (Å²) in [6.45, 7) is 2.76. The third-order valence-electron chi connectivity index (χ3n) is 5.60. The zero-order valence-corrected chi connectivity index (χ0v) is 17.9. The molecule has 7 heteroatoms. The molecule has 2 atom stereocenters. The molecule has 1 aliphatic heterocycles. The fourth-order valence-corrected chi connectivity index (χ4v) is 3.90. The lowest BCUT2D eigenvalue weighted by molar-refractivity contribution is -0.131. The van der Waals surface area contributed by atoms with Crippen LogP contribution in [0.2, 0.25) is 0 Å². The van der Waals surface area contributed by atoms with Crippen molar-refractivity contribution in [2.45, 2.75) is 31.8 Å². The second-order valence-electron chi connectivity index (χ2n) is 7.35. The van der Waals surface area contributed by atoms with Crippen LogP contribution < -0.4 is 19.5 Å². The Balaban J connectivity index is 1.68. The zero-order chi connectivity index (χ0) is 21.7. The highest BCUT2D eigenvalue weighted by Crippen LogP contribution is 2.38. The molecule has 0 bridgehead atoms. The van der Waals surface area contributed by atoms with Crippen molar-refractivity contribution in [2.24, 2.45) is 0 Å². The van der Waals surface area contributed by atoms with Gasteiger partial charge in [0.2, 0.25) is 5.91 Å². The van der Waals surface area contributed by atoms with Crippen molar-refractivity contribution >= 4 is 5.91 Å². The SMILES string of the molecule is COc1ccc(OC)c(C2CCCN2C(=O)CNC(C)c2ccc(OC)c(F)c2)c1. The predicted molar refractivity (Wildman–Crippen MR) is 113 cm³/mol. The average Bonchev–Trinajstić information content (AvgIpc) is 3.26. The summed E-state index contributed by atoms with van der Waals surface area (Å²) in [5.41, 5.74) is 1.71. The number of likely N-dealkylation sites (tertiary alicyclic amines) is 1. The van der Waals surface area contributed by atoms with Gasteiger partial charge < -0.3 is 24.4 Å². The number of hydrogen-bond donors (Lipinski definition) is 1. The predicted octanol–water partition coefficient (Wildman–Crippen LogP) is 3.87. The number of rotatable bonds is 8. The summed E-state index contributed by atoms with van der Waals surface area (Å²) in [4.78, 5) is 14.9. The molecule has 3 rings (SSSR count). The van der Waals surface area contributed by atoms with E-state index in [0.29, 0.717) is 6.54 Å². The summed E-state index contributed by atoms with van der Waals surface area (Å²) in [6.07, 6.45) is 1.80. The van der Waals surface area contributed by atoms with Gasteiger partial charge in [-0.15, -0.1) is 0 Å². The Kier molecular flexibility index (Phi) is 7.15. The molecule has 2 aromatic carbocycles. The molecule has 0 spiro atoms. The van der Waals surface area contributed by atoms with Crippen LogP contribution in [0.3, 0.4) is 0 Å². The Morgan fingerprint density at radius 1 is 1.13 bits per heavy atom. The molecular formula is C23H29FN2O4. The molecule has 30 heavy (non-hydrogen) atoms. The molecule has 1 aliphatic rings. The Bertz CT molecular complexity index is 890. The van der Waals surface area contributed by atoms with Crippen molar-refractivity contribution in [2.75, 3.05) is 34.4 Å². The monoisotopic (exact) mass is 416 g/mol. The highest BCUT2D eigenvalue weighted by atomic mass is 19.1. The molecule has 0 radical (unpaired) electrons. The second kappa shape index (κ2) is 9.80. The number of carbonyl (C=O) groups excluding carboxylic acids is 1. The average molecular weight is 416 g/mol. The number of nitrogens with zero attached hydrogens (tertiary/aromatic N) is 1. The quantitative estimate of drug-likeness (QED) is 0.708. The molecule has 0 aliphatic carbocycles. The lowest BCUT2D eigenvalue weighted by Gasteiger charge is -2.27. The topological polar surface area (TPSA) is 60.0 Å². The Morgan fingerprint density at radius 2 is 1.87 bits per heavy atom. The van der Waals surface area contributed by atoms with Gasteiger partial charge in [-0.25, -0.2) is 4.39 Å². The van der Waals surface area contributed by atoms with Gasteiger partial charge in [-0.1, -0.05) is 6.07 Å². The van der Waals surface area contributed by atoms with E-state index in [1.807, 2.05) is 30.0 Å². The van der Waals surface area contributed by atoms with Crippen LogP contribution in [0, 0.1) is 5.82 Å². The Morgan fingerprint density at radius 3 is 2.53 bits per heavy atom. The summed E-state index contributed by atoms with van der Waals surface area (Å²) in [7, 11) is 4.68. The van der Waals surface area contributed by atoms with Crippen LogP contribution in [0.4, 0.5) is 4.39 Å². The van der Waals surface area contributed by atoms with Gasteiger partial charge in [0.1, 0.15) is 11.5 Å². The van der Waals surface area contributed by atoms with Crippen LogP contribution in [0.25, 0.3) is 0 Å². The highest BCUT2D eigenvalue weighted by Gasteiger charge is 2.32. The standard InChI is InChI=1S/C23H29FN2O4/c1-15(16-7-9-22(30-4)19(24)12-16)25-14-23(27)26-11-5-6-20(26)18-13-17(28-2)8-10-21(18)29-3/h7-10,12-13,15,20,25H,5-6,11,14H2,1-4H3. The van der Waals surface area contributed by atoms with E-state index in [2.05, 4.69) is 5.32 Å². The Labute approximate surface area is 176 Å². The van der Waals surface area contributed by atoms with E-state index in [9.17, 15) is 9.18 Å². The van der Waals surface area contributed by atoms with Crippen molar-refractivity contribution < 1.29 is 23.4 Å². The maximum absolute atomic E-state index is 14.0. The van der Waals surface area contributed by atoms with Gasteiger partial charge in [-0.2, -0.15) is 0 Å². The number of amides is 1. The van der Waals surface area contributed by atoms with Crippen LogP contribution in [0.15, 0.2) is 36.4 Å². The normalized spacial score (nSPS) is 17.0. The molecule has 0 aromatic heterocycles. The molecule has 1 N–H and O–H groups in total. The summed E-state index contributed by atoms with van der Waals surface area (Å²) < 4.78 is 29.8. The van der Waals surface area contributed by atoms with Crippen molar-refractivity contribution in [1.82, 2.24) is 10.2 Å². The number of nitrogens with one attached hydrogen (secondary N) is 1. The number of hydrogen-bond acceptors (Lipinski definition) is 5. The van der Waals surface area contributed by atoms with E-state index in [1.165, 1.54) is 13.2 Å². The number of halogens is 1. The van der Waals surface area contributed by atoms with Crippen LogP contribution in [-0.2, 0) is 4.79 Å². The molecule has 1 heterocycles. The first-order chi connectivity index (χ1) is 14.5. The van der Waals surface area contributed by atoms with Crippen LogP contribution in [0.5, 0.6) is 17.2 Å². The molecule has 2 aromatic rings. The van der Waals surface area contributed by atoms with Gasteiger partial charge in [0.25, 0.3) is 0 Å². The molecule has 162 valence electrons. The molecular weight excluding hydrogens is 387 g/mol. The zero-order valence-electron chi connectivity index (χ0n) is 17.9. The van der Waals surface area contributed by atoms with Gasteiger partial charge in [-0.05, 0) is 55.7 Å². The van der Waals surface area contributed by atoms with Gasteiger partial charge in [0, 0.05) is 18.2 Å². The first-order valence-electron chi connectivity index (χ1n) is 10.1. The van der Waals surface area contributed by atoms with E-state index < -0.39 is 5.82 Å². The molecule has 1 fully saturated rings. The third kappa shape index (κ3) is 4.67. The van der Waals surface area contributed by atoms with Gasteiger partial charge in [-0.3, -0.25) is 4.79 Å². The summed E-state index contributed by atoms with van der Waals surface area (Å²) >= 11 is 0.